The molecule has 1 N–H and O–H groups in total. The molecule has 2 aromatic heterocycles. The van der Waals surface area contributed by atoms with Crippen LogP contribution in [0.3, 0.4) is 0 Å². The van der Waals surface area contributed by atoms with Crippen LogP contribution in [0, 0.1) is 5.82 Å². The average Bonchev–Trinajstić information content (AvgIpc) is 3.15. The van der Waals surface area contributed by atoms with Crippen molar-refractivity contribution in [2.45, 2.75) is 6.54 Å². The van der Waals surface area contributed by atoms with E-state index in [2.05, 4.69) is 15.5 Å². The summed E-state index contributed by atoms with van der Waals surface area (Å²) in [5.41, 5.74) is 0.244. The Kier molecular flexibility index (Phi) is 3.74. The van der Waals surface area contributed by atoms with E-state index in [-0.39, 0.29) is 12.1 Å². The number of nitrogens with zero attached hydrogens (tertiary/aromatic N) is 2. The number of nitrogens with one attached hydrogen (secondary N) is 1. The number of rotatable bonds is 4. The van der Waals surface area contributed by atoms with Crippen LogP contribution in [-0.2, 0) is 6.54 Å². The van der Waals surface area contributed by atoms with Gasteiger partial charge in [-0.15, -0.1) is 11.3 Å². The Balaban J connectivity index is 1.64. The van der Waals surface area contributed by atoms with Crippen molar-refractivity contribution in [1.82, 2.24) is 15.5 Å². The van der Waals surface area contributed by atoms with Crippen LogP contribution >= 0.6 is 11.3 Å². The topological polar surface area (TPSA) is 68.0 Å². The van der Waals surface area contributed by atoms with Crippen molar-refractivity contribution in [3.63, 3.8) is 0 Å². The summed E-state index contributed by atoms with van der Waals surface area (Å²) in [5, 5.41) is 8.35. The number of benzene rings is 1. The third-order valence-electron chi connectivity index (χ3n) is 2.70. The third kappa shape index (κ3) is 3.14. The summed E-state index contributed by atoms with van der Waals surface area (Å²) in [7, 11) is 0. The molecule has 0 saturated heterocycles. The molecule has 0 aliphatic heterocycles. The van der Waals surface area contributed by atoms with Gasteiger partial charge in [-0.1, -0.05) is 17.3 Å². The molecule has 1 aromatic carbocycles. The minimum Gasteiger partial charge on any atom is -0.343 e. The highest BCUT2D eigenvalue weighted by Gasteiger charge is 2.11. The van der Waals surface area contributed by atoms with E-state index in [0.717, 1.165) is 4.88 Å². The minimum atomic E-state index is -0.458. The molecular weight excluding hydrogens is 293 g/mol. The van der Waals surface area contributed by atoms with Gasteiger partial charge in [-0.25, -0.2) is 4.39 Å². The first-order chi connectivity index (χ1) is 10.2. The molecule has 0 saturated carbocycles. The fourth-order valence-corrected chi connectivity index (χ4v) is 2.37. The van der Waals surface area contributed by atoms with Crippen LogP contribution < -0.4 is 5.32 Å². The molecule has 5 nitrogen and oxygen atoms in total. The van der Waals surface area contributed by atoms with Gasteiger partial charge in [0.15, 0.2) is 0 Å². The van der Waals surface area contributed by atoms with E-state index in [1.54, 1.807) is 0 Å². The molecule has 3 aromatic rings. The van der Waals surface area contributed by atoms with Crippen LogP contribution in [-0.4, -0.2) is 16.0 Å². The molecule has 0 atom stereocenters. The molecule has 106 valence electrons. The monoisotopic (exact) mass is 303 g/mol. The number of aromatic nitrogens is 2. The highest BCUT2D eigenvalue weighted by atomic mass is 32.1. The zero-order valence-corrected chi connectivity index (χ0v) is 11.6. The molecule has 0 fully saturated rings. The van der Waals surface area contributed by atoms with Gasteiger partial charge in [0.2, 0.25) is 11.7 Å². The first-order valence-electron chi connectivity index (χ1n) is 6.12. The van der Waals surface area contributed by atoms with Crippen LogP contribution in [0.1, 0.15) is 16.2 Å². The molecule has 21 heavy (non-hydrogen) atoms. The third-order valence-corrected chi connectivity index (χ3v) is 3.56. The van der Waals surface area contributed by atoms with Gasteiger partial charge in [-0.3, -0.25) is 4.79 Å². The Morgan fingerprint density at radius 1 is 1.33 bits per heavy atom. The van der Waals surface area contributed by atoms with Crippen molar-refractivity contribution in [1.29, 1.82) is 0 Å². The maximum atomic E-state index is 13.0. The normalized spacial score (nSPS) is 10.5. The second-order valence-electron chi connectivity index (χ2n) is 4.18. The van der Waals surface area contributed by atoms with Gasteiger partial charge in [-0.05, 0) is 29.6 Å². The zero-order valence-electron chi connectivity index (χ0n) is 10.7. The lowest BCUT2D eigenvalue weighted by molar-refractivity contribution is 0.0946. The van der Waals surface area contributed by atoms with Gasteiger partial charge in [0.25, 0.3) is 5.91 Å². The summed E-state index contributed by atoms with van der Waals surface area (Å²) in [6.07, 6.45) is 0. The predicted octanol–water partition coefficient (Wildman–Crippen LogP) is 2.87. The molecule has 0 unspecified atom stereocenters. The van der Waals surface area contributed by atoms with E-state index in [4.69, 9.17) is 4.52 Å². The van der Waals surface area contributed by atoms with E-state index in [1.165, 1.54) is 35.6 Å². The van der Waals surface area contributed by atoms with Gasteiger partial charge >= 0.3 is 0 Å². The Hall–Kier alpha value is -2.54. The van der Waals surface area contributed by atoms with Crippen molar-refractivity contribution in [3.05, 3.63) is 59.0 Å². The van der Waals surface area contributed by atoms with Gasteiger partial charge in [0.05, 0.1) is 11.4 Å². The van der Waals surface area contributed by atoms with Gasteiger partial charge in [-0.2, -0.15) is 4.98 Å². The Bertz CT molecular complexity index is 755. The molecule has 0 aliphatic rings. The molecule has 2 heterocycles. The molecule has 1 amide bonds. The number of thiophene rings is 1. The molecule has 0 radical (unpaired) electrons. The summed E-state index contributed by atoms with van der Waals surface area (Å²) in [4.78, 5) is 16.9. The maximum absolute atomic E-state index is 13.0. The number of amides is 1. The molecule has 7 heteroatoms. The molecule has 0 aliphatic carbocycles. The molecule has 0 spiro atoms. The Morgan fingerprint density at radius 2 is 2.24 bits per heavy atom. The van der Waals surface area contributed by atoms with Crippen molar-refractivity contribution < 1.29 is 13.7 Å². The van der Waals surface area contributed by atoms with Crippen molar-refractivity contribution in [3.8, 4) is 10.7 Å². The summed E-state index contributed by atoms with van der Waals surface area (Å²) < 4.78 is 18.1. The van der Waals surface area contributed by atoms with E-state index in [0.29, 0.717) is 11.7 Å². The second-order valence-corrected chi connectivity index (χ2v) is 5.13. The van der Waals surface area contributed by atoms with E-state index >= 15 is 0 Å². The molecular formula is C14H10FN3O2S. The van der Waals surface area contributed by atoms with Crippen molar-refractivity contribution in [2.24, 2.45) is 0 Å². The lowest BCUT2D eigenvalue weighted by atomic mass is 10.2. The summed E-state index contributed by atoms with van der Waals surface area (Å²) >= 11 is 1.50. The van der Waals surface area contributed by atoms with Crippen LogP contribution in [0.25, 0.3) is 10.7 Å². The summed E-state index contributed by atoms with van der Waals surface area (Å²) in [5.74, 6) is -0.0750. The number of carbonyl (C=O) groups excluding carboxylic acids is 1. The van der Waals surface area contributed by atoms with E-state index < -0.39 is 11.7 Å². The number of carbonyl (C=O) groups is 1. The Morgan fingerprint density at radius 3 is 3.00 bits per heavy atom. The quantitative estimate of drug-likeness (QED) is 0.804. The van der Waals surface area contributed by atoms with Crippen molar-refractivity contribution in [2.75, 3.05) is 0 Å². The zero-order chi connectivity index (χ0) is 14.7. The smallest absolute Gasteiger partial charge is 0.251 e. The van der Waals surface area contributed by atoms with Crippen LogP contribution in [0.2, 0.25) is 0 Å². The first kappa shape index (κ1) is 13.4. The van der Waals surface area contributed by atoms with Crippen molar-refractivity contribution >= 4 is 17.2 Å². The van der Waals surface area contributed by atoms with E-state index in [1.807, 2.05) is 17.5 Å². The number of hydrogen-bond acceptors (Lipinski definition) is 5. The fourth-order valence-electron chi connectivity index (χ4n) is 1.72. The van der Waals surface area contributed by atoms with Crippen LogP contribution in [0.15, 0.2) is 46.3 Å². The predicted molar refractivity (Wildman–Crippen MR) is 75.2 cm³/mol. The largest absolute Gasteiger partial charge is 0.343 e. The standard InChI is InChI=1S/C14H10FN3O2S/c15-10-4-1-3-9(7-10)14(19)16-8-12-17-13(18-20-12)11-5-2-6-21-11/h1-7H,8H2,(H,16,19). The molecule has 3 rings (SSSR count). The highest BCUT2D eigenvalue weighted by molar-refractivity contribution is 7.13. The van der Waals surface area contributed by atoms with Gasteiger partial charge < -0.3 is 9.84 Å². The summed E-state index contributed by atoms with van der Waals surface area (Å²) in [6.45, 7) is 0.0910. The minimum absolute atomic E-state index is 0.0910. The first-order valence-corrected chi connectivity index (χ1v) is 7.00. The number of hydrogen-bond donors (Lipinski definition) is 1. The van der Waals surface area contributed by atoms with Crippen LogP contribution in [0.4, 0.5) is 4.39 Å². The van der Waals surface area contributed by atoms with Gasteiger partial charge in [0.1, 0.15) is 5.82 Å². The average molecular weight is 303 g/mol. The maximum Gasteiger partial charge on any atom is 0.251 e. The van der Waals surface area contributed by atoms with Gasteiger partial charge in [0, 0.05) is 5.56 Å². The van der Waals surface area contributed by atoms with Crippen LogP contribution in [0.5, 0.6) is 0 Å². The fraction of sp³-hybridized carbons (Fsp3) is 0.0714. The lowest BCUT2D eigenvalue weighted by Gasteiger charge is -2.01. The van der Waals surface area contributed by atoms with E-state index in [9.17, 15) is 9.18 Å². The molecule has 0 bridgehead atoms. The Labute approximate surface area is 123 Å². The highest BCUT2D eigenvalue weighted by Crippen LogP contribution is 2.21. The second kappa shape index (κ2) is 5.84. The summed E-state index contributed by atoms with van der Waals surface area (Å²) in [6, 6.07) is 9.23. The number of halogens is 1. The SMILES string of the molecule is O=C(NCc1nc(-c2cccs2)no1)c1cccc(F)c1. The lowest BCUT2D eigenvalue weighted by Crippen LogP contribution is -2.23.